The number of aromatic nitrogens is 2. The zero-order valence-electron chi connectivity index (χ0n) is 11.7. The third-order valence-electron chi connectivity index (χ3n) is 2.92. The van der Waals surface area contributed by atoms with Crippen LogP contribution in [-0.2, 0) is 0 Å². The lowest BCUT2D eigenvalue weighted by molar-refractivity contribution is 0.101. The molecule has 0 fully saturated rings. The Labute approximate surface area is 119 Å². The molecule has 7 heteroatoms. The number of rotatable bonds is 4. The Morgan fingerprint density at radius 3 is 2.29 bits per heavy atom. The smallest absolute Gasteiger partial charge is 0.220 e. The van der Waals surface area contributed by atoms with Gasteiger partial charge in [0.15, 0.2) is 11.4 Å². The van der Waals surface area contributed by atoms with Gasteiger partial charge in [-0.05, 0) is 13.8 Å². The molecular formula is C14H13F3N2O2. The van der Waals surface area contributed by atoms with E-state index in [1.165, 1.54) is 18.0 Å². The number of carbonyl (C=O) groups is 1. The molecule has 0 bridgehead atoms. The predicted octanol–water partition coefficient (Wildman–Crippen LogP) is 3.12. The van der Waals surface area contributed by atoms with E-state index < -0.39 is 28.8 Å². The summed E-state index contributed by atoms with van der Waals surface area (Å²) in [6.07, 6.45) is 1.28. The van der Waals surface area contributed by atoms with Crippen LogP contribution in [0.15, 0.2) is 18.3 Å². The van der Waals surface area contributed by atoms with E-state index in [9.17, 15) is 18.0 Å². The molecule has 0 N–H and O–H groups in total. The maximum absolute atomic E-state index is 13.8. The third kappa shape index (κ3) is 2.63. The maximum atomic E-state index is 13.8. The van der Waals surface area contributed by atoms with Crippen LogP contribution in [0.3, 0.4) is 0 Å². The van der Waals surface area contributed by atoms with Crippen LogP contribution in [0.5, 0.6) is 5.75 Å². The molecule has 0 unspecified atom stereocenters. The molecule has 0 atom stereocenters. The average Bonchev–Trinajstić information content (AvgIpc) is 2.80. The molecule has 4 nitrogen and oxygen atoms in total. The summed E-state index contributed by atoms with van der Waals surface area (Å²) < 4.78 is 46.7. The number of nitrogens with zero attached hydrogens (tertiary/aromatic N) is 2. The second-order valence-electron chi connectivity index (χ2n) is 4.67. The Morgan fingerprint density at radius 1 is 1.24 bits per heavy atom. The minimum Gasteiger partial charge on any atom is -0.493 e. The number of ether oxygens (including phenoxy) is 1. The van der Waals surface area contributed by atoms with Crippen LogP contribution in [0.25, 0.3) is 0 Å². The molecule has 0 saturated carbocycles. The van der Waals surface area contributed by atoms with Crippen molar-refractivity contribution in [2.24, 2.45) is 0 Å². The summed E-state index contributed by atoms with van der Waals surface area (Å²) >= 11 is 0. The van der Waals surface area contributed by atoms with E-state index in [1.807, 2.05) is 0 Å². The maximum Gasteiger partial charge on any atom is 0.220 e. The number of methoxy groups -OCH3 is 1. The number of hydrogen-bond acceptors (Lipinski definition) is 3. The normalized spacial score (nSPS) is 11.0. The van der Waals surface area contributed by atoms with Gasteiger partial charge in [0.05, 0.1) is 18.9 Å². The highest BCUT2D eigenvalue weighted by molar-refractivity contribution is 6.09. The lowest BCUT2D eigenvalue weighted by Gasteiger charge is -2.12. The van der Waals surface area contributed by atoms with Crippen LogP contribution in [0.1, 0.15) is 35.9 Å². The minimum absolute atomic E-state index is 0.0862. The SMILES string of the molecule is COc1cnn(C(C)C)c1C(=O)c1c(F)cc(F)cc1F. The van der Waals surface area contributed by atoms with Crippen molar-refractivity contribution < 1.29 is 22.7 Å². The van der Waals surface area contributed by atoms with E-state index in [2.05, 4.69) is 5.10 Å². The van der Waals surface area contributed by atoms with Gasteiger partial charge in [0.1, 0.15) is 17.5 Å². The molecule has 21 heavy (non-hydrogen) atoms. The van der Waals surface area contributed by atoms with Gasteiger partial charge in [-0.25, -0.2) is 13.2 Å². The molecule has 0 aliphatic heterocycles. The fourth-order valence-corrected chi connectivity index (χ4v) is 1.98. The van der Waals surface area contributed by atoms with E-state index in [4.69, 9.17) is 4.74 Å². The summed E-state index contributed by atoms with van der Waals surface area (Å²) in [6.45, 7) is 3.50. The van der Waals surface area contributed by atoms with Gasteiger partial charge in [-0.15, -0.1) is 0 Å². The predicted molar refractivity (Wildman–Crippen MR) is 68.9 cm³/mol. The fourth-order valence-electron chi connectivity index (χ4n) is 1.98. The molecule has 2 rings (SSSR count). The molecule has 0 amide bonds. The van der Waals surface area contributed by atoms with Crippen molar-refractivity contribution in [3.63, 3.8) is 0 Å². The second kappa shape index (κ2) is 5.59. The van der Waals surface area contributed by atoms with Crippen molar-refractivity contribution in [3.05, 3.63) is 47.0 Å². The lowest BCUT2D eigenvalue weighted by atomic mass is 10.1. The zero-order chi connectivity index (χ0) is 15.7. The molecule has 0 radical (unpaired) electrons. The number of halogens is 3. The number of hydrogen-bond donors (Lipinski definition) is 0. The van der Waals surface area contributed by atoms with Crippen LogP contribution < -0.4 is 4.74 Å². The Hall–Kier alpha value is -2.31. The first-order valence-electron chi connectivity index (χ1n) is 6.17. The van der Waals surface area contributed by atoms with Crippen LogP contribution in [-0.4, -0.2) is 22.7 Å². The molecule has 1 heterocycles. The topological polar surface area (TPSA) is 44.1 Å². The summed E-state index contributed by atoms with van der Waals surface area (Å²) in [6, 6.07) is 0.692. The van der Waals surface area contributed by atoms with Crippen LogP contribution in [0.2, 0.25) is 0 Å². The van der Waals surface area contributed by atoms with Crippen molar-refractivity contribution in [1.82, 2.24) is 9.78 Å². The van der Waals surface area contributed by atoms with Crippen LogP contribution >= 0.6 is 0 Å². The third-order valence-corrected chi connectivity index (χ3v) is 2.92. The van der Waals surface area contributed by atoms with Gasteiger partial charge < -0.3 is 4.74 Å². The van der Waals surface area contributed by atoms with Crippen molar-refractivity contribution in [2.45, 2.75) is 19.9 Å². The molecule has 1 aromatic heterocycles. The molecule has 0 aliphatic carbocycles. The number of carbonyl (C=O) groups excluding carboxylic acids is 1. The van der Waals surface area contributed by atoms with Gasteiger partial charge in [0.2, 0.25) is 5.78 Å². The highest BCUT2D eigenvalue weighted by Crippen LogP contribution is 2.26. The first kappa shape index (κ1) is 15.1. The van der Waals surface area contributed by atoms with E-state index in [1.54, 1.807) is 13.8 Å². The van der Waals surface area contributed by atoms with Crippen molar-refractivity contribution in [1.29, 1.82) is 0 Å². The molecule has 1 aromatic carbocycles. The van der Waals surface area contributed by atoms with E-state index in [-0.39, 0.29) is 17.5 Å². The van der Waals surface area contributed by atoms with Gasteiger partial charge >= 0.3 is 0 Å². The van der Waals surface area contributed by atoms with E-state index in [0.717, 1.165) is 0 Å². The number of benzene rings is 1. The molecule has 0 saturated heterocycles. The highest BCUT2D eigenvalue weighted by Gasteiger charge is 2.27. The Morgan fingerprint density at radius 2 is 1.81 bits per heavy atom. The van der Waals surface area contributed by atoms with E-state index >= 15 is 0 Å². The second-order valence-corrected chi connectivity index (χ2v) is 4.67. The standard InChI is InChI=1S/C14H13F3N2O2/c1-7(2)19-13(11(21-3)6-18-19)14(20)12-9(16)4-8(15)5-10(12)17/h4-7H,1-3H3. The van der Waals surface area contributed by atoms with Gasteiger partial charge in [0, 0.05) is 18.2 Å². The average molecular weight is 298 g/mol. The van der Waals surface area contributed by atoms with Gasteiger partial charge in [-0.3, -0.25) is 9.48 Å². The molecule has 2 aromatic rings. The van der Waals surface area contributed by atoms with E-state index in [0.29, 0.717) is 12.1 Å². The molecule has 0 aliphatic rings. The van der Waals surface area contributed by atoms with Gasteiger partial charge in [-0.2, -0.15) is 5.10 Å². The van der Waals surface area contributed by atoms with Gasteiger partial charge in [0.25, 0.3) is 0 Å². The monoisotopic (exact) mass is 298 g/mol. The first-order chi connectivity index (χ1) is 9.86. The first-order valence-corrected chi connectivity index (χ1v) is 6.17. The minimum atomic E-state index is -1.27. The number of ketones is 1. The highest BCUT2D eigenvalue weighted by atomic mass is 19.1. The Kier molecular flexibility index (Phi) is 4.02. The van der Waals surface area contributed by atoms with Crippen molar-refractivity contribution in [3.8, 4) is 5.75 Å². The van der Waals surface area contributed by atoms with Crippen molar-refractivity contribution in [2.75, 3.05) is 7.11 Å². The summed E-state index contributed by atoms with van der Waals surface area (Å²) in [7, 11) is 1.32. The van der Waals surface area contributed by atoms with Gasteiger partial charge in [-0.1, -0.05) is 0 Å². The van der Waals surface area contributed by atoms with Crippen LogP contribution in [0, 0.1) is 17.5 Å². The molecule has 112 valence electrons. The lowest BCUT2D eigenvalue weighted by Crippen LogP contribution is -2.17. The Bertz CT molecular complexity index is 673. The fraction of sp³-hybridized carbons (Fsp3) is 0.286. The molecular weight excluding hydrogens is 285 g/mol. The largest absolute Gasteiger partial charge is 0.493 e. The summed E-state index contributed by atoms with van der Waals surface area (Å²) in [5, 5.41) is 3.96. The molecule has 0 spiro atoms. The Balaban J connectivity index is 2.63. The quantitative estimate of drug-likeness (QED) is 0.815. The zero-order valence-corrected chi connectivity index (χ0v) is 11.7. The summed E-state index contributed by atoms with van der Waals surface area (Å²) in [5.41, 5.74) is -0.922. The summed E-state index contributed by atoms with van der Waals surface area (Å²) in [5.74, 6) is -4.48. The van der Waals surface area contributed by atoms with Crippen molar-refractivity contribution >= 4 is 5.78 Å². The summed E-state index contributed by atoms with van der Waals surface area (Å²) in [4.78, 5) is 12.4. The van der Waals surface area contributed by atoms with Crippen LogP contribution in [0.4, 0.5) is 13.2 Å².